The summed E-state index contributed by atoms with van der Waals surface area (Å²) < 4.78 is 5.11. The fraction of sp³-hybridized carbons (Fsp3) is 0.385. The number of halogens is 3. The van der Waals surface area contributed by atoms with Crippen LogP contribution in [-0.2, 0) is 4.79 Å². The Hall–Kier alpha value is -0.0500. The lowest BCUT2D eigenvalue weighted by Crippen LogP contribution is -2.35. The lowest BCUT2D eigenvalue weighted by atomic mass is 10.1. The summed E-state index contributed by atoms with van der Waals surface area (Å²) in [5.74, 6) is 0.440. The van der Waals surface area contributed by atoms with Gasteiger partial charge in [0.25, 0.3) is 11.1 Å². The van der Waals surface area contributed by atoms with Gasteiger partial charge in [-0.1, -0.05) is 47.8 Å². The van der Waals surface area contributed by atoms with E-state index in [1.54, 1.807) is 7.11 Å². The first-order valence-corrected chi connectivity index (χ1v) is 9.22. The number of benzene rings is 1. The van der Waals surface area contributed by atoms with Gasteiger partial charge in [-0.15, -0.1) is 0 Å². The molecule has 0 radical (unpaired) electrons. The maximum Gasteiger partial charge on any atom is 0.290 e. The van der Waals surface area contributed by atoms with Crippen molar-refractivity contribution in [2.24, 2.45) is 0 Å². The predicted molar refractivity (Wildman–Crippen MR) is 94.5 cm³/mol. The summed E-state index contributed by atoms with van der Waals surface area (Å²) in [7, 11) is 3.07. The van der Waals surface area contributed by atoms with E-state index in [2.05, 4.69) is 47.8 Å². The van der Waals surface area contributed by atoms with E-state index >= 15 is 0 Å². The third kappa shape index (κ3) is 2.92. The second kappa shape index (κ2) is 6.22. The molecule has 1 aromatic carbocycles. The number of aryl methyl sites for hydroxylation is 1. The van der Waals surface area contributed by atoms with Gasteiger partial charge in [0.15, 0.2) is 3.66 Å². The van der Waals surface area contributed by atoms with Crippen LogP contribution in [0.5, 0.6) is 5.75 Å². The van der Waals surface area contributed by atoms with Gasteiger partial charge in [0.05, 0.1) is 11.9 Å². The number of thioether (sulfide) groups is 1. The maximum atomic E-state index is 12.3. The van der Waals surface area contributed by atoms with Crippen LogP contribution in [0.15, 0.2) is 16.6 Å². The predicted octanol–water partition coefficient (Wildman–Crippen LogP) is 4.62. The molecule has 0 spiro atoms. The Balaban J connectivity index is 2.47. The lowest BCUT2D eigenvalue weighted by molar-refractivity contribution is -0.126. The zero-order chi connectivity index (χ0) is 15.9. The molecule has 0 bridgehead atoms. The Morgan fingerprint density at radius 3 is 2.48 bits per heavy atom. The minimum atomic E-state index is -1.07. The number of imide groups is 1. The highest BCUT2D eigenvalue weighted by molar-refractivity contribution is 9.14. The molecule has 1 aromatic rings. The molecule has 2 atom stereocenters. The van der Waals surface area contributed by atoms with Crippen molar-refractivity contribution in [3.63, 3.8) is 0 Å². The molecule has 1 aliphatic rings. The molecule has 4 nitrogen and oxygen atoms in total. The van der Waals surface area contributed by atoms with Crippen LogP contribution in [0.25, 0.3) is 0 Å². The summed E-state index contributed by atoms with van der Waals surface area (Å²) in [5.41, 5.74) is 1.81. The Labute approximate surface area is 152 Å². The Morgan fingerprint density at radius 1 is 1.38 bits per heavy atom. The smallest absolute Gasteiger partial charge is 0.290 e. The molecule has 2 amide bonds. The largest absolute Gasteiger partial charge is 0.496 e. The van der Waals surface area contributed by atoms with E-state index in [0.717, 1.165) is 38.0 Å². The number of hydrogen-bond acceptors (Lipinski definition) is 4. The van der Waals surface area contributed by atoms with Gasteiger partial charge in [0.2, 0.25) is 0 Å². The van der Waals surface area contributed by atoms with Crippen molar-refractivity contribution in [2.45, 2.75) is 15.4 Å². The van der Waals surface area contributed by atoms with E-state index in [0.29, 0.717) is 0 Å². The van der Waals surface area contributed by atoms with Crippen molar-refractivity contribution < 1.29 is 14.3 Å². The van der Waals surface area contributed by atoms with Gasteiger partial charge in [0, 0.05) is 11.5 Å². The van der Waals surface area contributed by atoms with Gasteiger partial charge in [-0.05, 0) is 41.9 Å². The van der Waals surface area contributed by atoms with Crippen LogP contribution in [0.4, 0.5) is 4.79 Å². The summed E-state index contributed by atoms with van der Waals surface area (Å²) in [4.78, 5) is 24.8. The maximum absolute atomic E-state index is 12.3. The molecule has 2 unspecified atom stereocenters. The highest BCUT2D eigenvalue weighted by atomic mass is 79.9. The highest BCUT2D eigenvalue weighted by Crippen LogP contribution is 2.55. The number of rotatable bonds is 3. The molecule has 0 aliphatic carbocycles. The number of alkyl halides is 2. The topological polar surface area (TPSA) is 46.6 Å². The van der Waals surface area contributed by atoms with Crippen LogP contribution >= 0.6 is 59.6 Å². The van der Waals surface area contributed by atoms with Gasteiger partial charge >= 0.3 is 0 Å². The molecular weight excluding hydrogens is 490 g/mol. The zero-order valence-corrected chi connectivity index (χ0v) is 17.0. The molecule has 21 heavy (non-hydrogen) atoms. The van der Waals surface area contributed by atoms with Crippen LogP contribution in [0.3, 0.4) is 0 Å². The quantitative estimate of drug-likeness (QED) is 0.567. The van der Waals surface area contributed by atoms with Crippen molar-refractivity contribution in [1.82, 2.24) is 4.90 Å². The molecule has 0 N–H and O–H groups in total. The van der Waals surface area contributed by atoms with Crippen molar-refractivity contribution >= 4 is 70.7 Å². The van der Waals surface area contributed by atoms with Crippen LogP contribution < -0.4 is 4.74 Å². The first-order chi connectivity index (χ1) is 9.72. The number of nitrogens with zero attached hydrogens (tertiary/aromatic N) is 1. The number of carbonyl (C=O) groups excluding carboxylic acids is 2. The van der Waals surface area contributed by atoms with E-state index in [1.807, 2.05) is 19.1 Å². The molecule has 114 valence electrons. The highest BCUT2D eigenvalue weighted by Gasteiger charge is 2.54. The third-order valence-electron chi connectivity index (χ3n) is 3.22. The van der Waals surface area contributed by atoms with E-state index in [1.165, 1.54) is 7.05 Å². The summed E-state index contributed by atoms with van der Waals surface area (Å²) in [5, 5.41) is -0.281. The number of methoxy groups -OCH3 is 1. The average Bonchev–Trinajstić information content (AvgIpc) is 2.63. The molecule has 0 saturated carbocycles. The number of hydrogen-bond donors (Lipinski definition) is 0. The molecule has 1 saturated heterocycles. The number of carbonyl (C=O) groups is 2. The minimum Gasteiger partial charge on any atom is -0.496 e. The number of ether oxygens (including phenoxy) is 1. The minimum absolute atomic E-state index is 0.281. The summed E-state index contributed by atoms with van der Waals surface area (Å²) in [6.45, 7) is 1.94. The second-order valence-corrected chi connectivity index (χ2v) is 9.33. The van der Waals surface area contributed by atoms with E-state index in [-0.39, 0.29) is 11.1 Å². The van der Waals surface area contributed by atoms with Crippen molar-refractivity contribution in [1.29, 1.82) is 0 Å². The van der Waals surface area contributed by atoms with Gasteiger partial charge in [-0.25, -0.2) is 0 Å². The van der Waals surface area contributed by atoms with Gasteiger partial charge in [-0.2, -0.15) is 0 Å². The van der Waals surface area contributed by atoms with Crippen molar-refractivity contribution in [3.8, 4) is 5.75 Å². The fourth-order valence-corrected chi connectivity index (χ4v) is 5.70. The molecule has 8 heteroatoms. The Kier molecular flexibility index (Phi) is 5.12. The molecule has 0 aromatic heterocycles. The molecule has 1 fully saturated rings. The Morgan fingerprint density at radius 2 is 2.00 bits per heavy atom. The number of amides is 2. The van der Waals surface area contributed by atoms with Gasteiger partial charge in [-0.3, -0.25) is 14.5 Å². The Bertz CT molecular complexity index is 625. The normalized spacial score (nSPS) is 23.6. The third-order valence-corrected chi connectivity index (χ3v) is 8.44. The first kappa shape index (κ1) is 17.3. The van der Waals surface area contributed by atoms with Gasteiger partial charge in [0.1, 0.15) is 5.75 Å². The average molecular weight is 502 g/mol. The van der Waals surface area contributed by atoms with Crippen LogP contribution in [0.2, 0.25) is 0 Å². The molecule has 1 heterocycles. The van der Waals surface area contributed by atoms with E-state index in [9.17, 15) is 9.59 Å². The SMILES string of the molecule is COc1cc(C(Br)C2(Br)SC(=O)N(C)C2=O)c(Br)cc1C. The summed E-state index contributed by atoms with van der Waals surface area (Å²) in [6, 6.07) is 3.78. The fourth-order valence-electron chi connectivity index (χ4n) is 1.99. The molecule has 2 rings (SSSR count). The molecular formula is C13H12Br3NO3S. The van der Waals surface area contributed by atoms with Gasteiger partial charge < -0.3 is 4.74 Å². The standard InChI is InChI=1S/C13H12Br3NO3S/c1-6-4-8(14)7(5-9(6)20-3)10(15)13(16)11(18)17(2)12(19)21-13/h4-5,10H,1-3H3. The monoisotopic (exact) mass is 499 g/mol. The van der Waals surface area contributed by atoms with Crippen molar-refractivity contribution in [3.05, 3.63) is 27.7 Å². The van der Waals surface area contributed by atoms with E-state index in [4.69, 9.17) is 4.74 Å². The summed E-state index contributed by atoms with van der Waals surface area (Å²) in [6.07, 6.45) is 0. The summed E-state index contributed by atoms with van der Waals surface area (Å²) >= 11 is 11.5. The molecule has 1 aliphatic heterocycles. The first-order valence-electron chi connectivity index (χ1n) is 5.90. The zero-order valence-electron chi connectivity index (χ0n) is 11.4. The van der Waals surface area contributed by atoms with Crippen LogP contribution in [0, 0.1) is 6.92 Å². The second-order valence-electron chi connectivity index (χ2n) is 4.58. The van der Waals surface area contributed by atoms with E-state index < -0.39 is 8.48 Å². The van der Waals surface area contributed by atoms with Crippen molar-refractivity contribution in [2.75, 3.05) is 14.2 Å². The van der Waals surface area contributed by atoms with Crippen LogP contribution in [-0.4, -0.2) is 33.9 Å². The van der Waals surface area contributed by atoms with Crippen LogP contribution in [0.1, 0.15) is 16.0 Å². The lowest BCUT2D eigenvalue weighted by Gasteiger charge is -2.25.